The monoisotopic (exact) mass is 284 g/mol. The average molecular weight is 285 g/mol. The second kappa shape index (κ2) is 5.43. The molecule has 0 aliphatic heterocycles. The first-order chi connectivity index (χ1) is 8.52. The first kappa shape index (κ1) is 13.6. The molecule has 0 amide bonds. The summed E-state index contributed by atoms with van der Waals surface area (Å²) >= 11 is 7.68. The van der Waals surface area contributed by atoms with E-state index in [0.717, 1.165) is 28.2 Å². The number of aliphatic hydroxyl groups excluding tert-OH is 1. The van der Waals surface area contributed by atoms with E-state index in [-0.39, 0.29) is 0 Å². The molecule has 98 valence electrons. The Labute approximate surface area is 116 Å². The van der Waals surface area contributed by atoms with Gasteiger partial charge in [0.15, 0.2) is 0 Å². The Morgan fingerprint density at radius 1 is 1.56 bits per heavy atom. The maximum absolute atomic E-state index is 10.3. The second-order valence-corrected chi connectivity index (χ2v) is 5.71. The van der Waals surface area contributed by atoms with E-state index in [2.05, 4.69) is 12.0 Å². The number of nitrogens with zero attached hydrogens (tertiary/aromatic N) is 2. The highest BCUT2D eigenvalue weighted by Crippen LogP contribution is 2.33. The first-order valence-electron chi connectivity index (χ1n) is 5.96. The molecule has 2 aromatic heterocycles. The van der Waals surface area contributed by atoms with Crippen LogP contribution in [0.25, 0.3) is 0 Å². The highest BCUT2D eigenvalue weighted by Gasteiger charge is 2.18. The van der Waals surface area contributed by atoms with Crippen LogP contribution in [0.5, 0.6) is 0 Å². The predicted octanol–water partition coefficient (Wildman–Crippen LogP) is 3.28. The van der Waals surface area contributed by atoms with Crippen LogP contribution in [-0.4, -0.2) is 14.9 Å². The lowest BCUT2D eigenvalue weighted by molar-refractivity contribution is 0.179. The summed E-state index contributed by atoms with van der Waals surface area (Å²) in [7, 11) is 1.91. The molecule has 0 saturated heterocycles. The van der Waals surface area contributed by atoms with Crippen molar-refractivity contribution in [1.29, 1.82) is 0 Å². The van der Waals surface area contributed by atoms with Crippen LogP contribution in [0.2, 0.25) is 5.02 Å². The van der Waals surface area contributed by atoms with Gasteiger partial charge in [0.1, 0.15) is 0 Å². The van der Waals surface area contributed by atoms with Crippen molar-refractivity contribution in [3.05, 3.63) is 38.3 Å². The topological polar surface area (TPSA) is 38.0 Å². The Morgan fingerprint density at radius 2 is 2.28 bits per heavy atom. The van der Waals surface area contributed by atoms with Gasteiger partial charge in [-0.1, -0.05) is 18.5 Å². The van der Waals surface area contributed by atoms with Crippen LogP contribution >= 0.6 is 22.9 Å². The SMILES string of the molecule is CCc1cc(CC(O)c2scc(C)c2Cl)n(C)n1. The van der Waals surface area contributed by atoms with Crippen molar-refractivity contribution in [3.8, 4) is 0 Å². The molecule has 2 heterocycles. The molecule has 0 spiro atoms. The van der Waals surface area contributed by atoms with Crippen LogP contribution in [0.1, 0.15) is 34.9 Å². The van der Waals surface area contributed by atoms with Crippen LogP contribution in [0.3, 0.4) is 0 Å². The molecule has 2 aromatic rings. The van der Waals surface area contributed by atoms with E-state index in [4.69, 9.17) is 11.6 Å². The van der Waals surface area contributed by atoms with E-state index in [0.29, 0.717) is 11.4 Å². The zero-order valence-electron chi connectivity index (χ0n) is 10.8. The van der Waals surface area contributed by atoms with Gasteiger partial charge < -0.3 is 5.11 Å². The highest BCUT2D eigenvalue weighted by atomic mass is 35.5. The second-order valence-electron chi connectivity index (χ2n) is 4.42. The van der Waals surface area contributed by atoms with E-state index in [1.807, 2.05) is 30.1 Å². The third kappa shape index (κ3) is 2.60. The van der Waals surface area contributed by atoms with Gasteiger partial charge >= 0.3 is 0 Å². The number of hydrogen-bond acceptors (Lipinski definition) is 3. The maximum atomic E-state index is 10.3. The number of hydrogen-bond donors (Lipinski definition) is 1. The molecule has 3 nitrogen and oxygen atoms in total. The third-order valence-corrected chi connectivity index (χ3v) is 4.84. The van der Waals surface area contributed by atoms with Gasteiger partial charge in [0.2, 0.25) is 0 Å². The third-order valence-electron chi connectivity index (χ3n) is 3.02. The van der Waals surface area contributed by atoms with Crippen LogP contribution in [0.4, 0.5) is 0 Å². The van der Waals surface area contributed by atoms with Gasteiger partial charge in [-0.05, 0) is 30.4 Å². The number of thiophene rings is 1. The molecule has 5 heteroatoms. The Balaban J connectivity index is 2.18. The molecule has 0 aromatic carbocycles. The number of aromatic nitrogens is 2. The van der Waals surface area contributed by atoms with E-state index in [9.17, 15) is 5.11 Å². The van der Waals surface area contributed by atoms with Gasteiger partial charge in [0, 0.05) is 19.2 Å². The Bertz CT molecular complexity index is 547. The molecule has 0 saturated carbocycles. The summed E-state index contributed by atoms with van der Waals surface area (Å²) in [5.41, 5.74) is 3.10. The average Bonchev–Trinajstić information content (AvgIpc) is 2.85. The van der Waals surface area contributed by atoms with Crippen molar-refractivity contribution in [1.82, 2.24) is 9.78 Å². The predicted molar refractivity (Wildman–Crippen MR) is 75.3 cm³/mol. The zero-order valence-corrected chi connectivity index (χ0v) is 12.3. The molecule has 18 heavy (non-hydrogen) atoms. The lowest BCUT2D eigenvalue weighted by Gasteiger charge is -2.09. The minimum absolute atomic E-state index is 0.545. The summed E-state index contributed by atoms with van der Waals surface area (Å²) < 4.78 is 1.83. The van der Waals surface area contributed by atoms with Gasteiger partial charge in [0.25, 0.3) is 0 Å². The normalized spacial score (nSPS) is 12.9. The minimum atomic E-state index is -0.559. The first-order valence-corrected chi connectivity index (χ1v) is 7.22. The molecular weight excluding hydrogens is 268 g/mol. The number of aryl methyl sites for hydroxylation is 3. The summed E-state index contributed by atoms with van der Waals surface area (Å²) in [4.78, 5) is 0.841. The van der Waals surface area contributed by atoms with E-state index in [1.54, 1.807) is 0 Å². The highest BCUT2D eigenvalue weighted by molar-refractivity contribution is 7.10. The summed E-state index contributed by atoms with van der Waals surface area (Å²) in [6, 6.07) is 2.04. The summed E-state index contributed by atoms with van der Waals surface area (Å²) in [5, 5.41) is 17.3. The molecule has 0 aliphatic rings. The van der Waals surface area contributed by atoms with Gasteiger partial charge in [-0.2, -0.15) is 5.10 Å². The minimum Gasteiger partial charge on any atom is -0.387 e. The maximum Gasteiger partial charge on any atom is 0.0952 e. The van der Waals surface area contributed by atoms with Crippen molar-refractivity contribution in [3.63, 3.8) is 0 Å². The van der Waals surface area contributed by atoms with Crippen molar-refractivity contribution in [2.75, 3.05) is 0 Å². The van der Waals surface area contributed by atoms with E-state index in [1.165, 1.54) is 11.3 Å². The van der Waals surface area contributed by atoms with Gasteiger partial charge in [-0.25, -0.2) is 0 Å². The van der Waals surface area contributed by atoms with Crippen molar-refractivity contribution < 1.29 is 5.11 Å². The quantitative estimate of drug-likeness (QED) is 0.936. The van der Waals surface area contributed by atoms with Crippen LogP contribution in [0, 0.1) is 6.92 Å². The van der Waals surface area contributed by atoms with Crippen molar-refractivity contribution in [2.45, 2.75) is 32.8 Å². The van der Waals surface area contributed by atoms with Crippen molar-refractivity contribution >= 4 is 22.9 Å². The fourth-order valence-electron chi connectivity index (χ4n) is 1.90. The molecule has 0 bridgehead atoms. The van der Waals surface area contributed by atoms with Crippen molar-refractivity contribution in [2.24, 2.45) is 7.05 Å². The zero-order chi connectivity index (χ0) is 13.3. The molecule has 1 unspecified atom stereocenters. The summed E-state index contributed by atoms with van der Waals surface area (Å²) in [5.74, 6) is 0. The number of halogens is 1. The smallest absolute Gasteiger partial charge is 0.0952 e. The van der Waals surface area contributed by atoms with E-state index >= 15 is 0 Å². The molecule has 1 N–H and O–H groups in total. The molecule has 0 aliphatic carbocycles. The van der Waals surface area contributed by atoms with Gasteiger partial charge in [-0.3, -0.25) is 4.68 Å². The molecule has 0 radical (unpaired) electrons. The lowest BCUT2D eigenvalue weighted by Crippen LogP contribution is -2.05. The fourth-order valence-corrected chi connectivity index (χ4v) is 3.21. The van der Waals surface area contributed by atoms with Gasteiger partial charge in [0.05, 0.1) is 21.7 Å². The Kier molecular flexibility index (Phi) is 4.10. The molecule has 2 rings (SSSR count). The molecular formula is C13H17ClN2OS. The fraction of sp³-hybridized carbons (Fsp3) is 0.462. The summed E-state index contributed by atoms with van der Waals surface area (Å²) in [6.07, 6.45) is 0.891. The number of aliphatic hydroxyl groups is 1. The van der Waals surface area contributed by atoms with Gasteiger partial charge in [-0.15, -0.1) is 11.3 Å². The largest absolute Gasteiger partial charge is 0.387 e. The van der Waals surface area contributed by atoms with E-state index < -0.39 is 6.10 Å². The summed E-state index contributed by atoms with van der Waals surface area (Å²) in [6.45, 7) is 4.02. The van der Waals surface area contributed by atoms with Crippen LogP contribution in [0.15, 0.2) is 11.4 Å². The van der Waals surface area contributed by atoms with Crippen LogP contribution < -0.4 is 0 Å². The Morgan fingerprint density at radius 3 is 2.78 bits per heavy atom. The van der Waals surface area contributed by atoms with Crippen LogP contribution in [-0.2, 0) is 19.9 Å². The Hall–Kier alpha value is -0.840. The lowest BCUT2D eigenvalue weighted by atomic mass is 10.1. The number of rotatable bonds is 4. The molecule has 0 fully saturated rings. The standard InChI is InChI=1S/C13H17ClN2OS/c1-4-9-5-10(16(3)15-9)6-11(17)13-12(14)8(2)7-18-13/h5,7,11,17H,4,6H2,1-3H3. The molecule has 1 atom stereocenters.